The van der Waals surface area contributed by atoms with Crippen LogP contribution in [0.1, 0.15) is 47.4 Å². The summed E-state index contributed by atoms with van der Waals surface area (Å²) in [6, 6.07) is 6.44. The maximum Gasteiger partial charge on any atom is 0.338 e. The average molecular weight is 342 g/mol. The number of hydrogen-bond donors (Lipinski definition) is 0. The minimum absolute atomic E-state index is 0.239. The molecule has 7 heteroatoms. The SMILES string of the molecule is CCOC(=O)c1ccccc1C(=O)OCC.O=S1(=O)CCCC1. The molecule has 2 rings (SSSR count). The molecule has 0 spiro atoms. The van der Waals surface area contributed by atoms with Crippen molar-refractivity contribution in [1.82, 2.24) is 0 Å². The molecule has 1 aromatic carbocycles. The molecule has 0 N–H and O–H groups in total. The van der Waals surface area contributed by atoms with Crippen molar-refractivity contribution < 1.29 is 27.5 Å². The number of sulfone groups is 1. The smallest absolute Gasteiger partial charge is 0.338 e. The summed E-state index contributed by atoms with van der Waals surface area (Å²) in [5, 5.41) is 0. The van der Waals surface area contributed by atoms with E-state index in [0.29, 0.717) is 11.5 Å². The molecule has 1 heterocycles. The van der Waals surface area contributed by atoms with Gasteiger partial charge in [0.2, 0.25) is 0 Å². The van der Waals surface area contributed by atoms with Crippen molar-refractivity contribution in [2.24, 2.45) is 0 Å². The van der Waals surface area contributed by atoms with Gasteiger partial charge in [-0.15, -0.1) is 0 Å². The van der Waals surface area contributed by atoms with Crippen molar-refractivity contribution >= 4 is 21.8 Å². The minimum Gasteiger partial charge on any atom is -0.462 e. The monoisotopic (exact) mass is 342 g/mol. The second-order valence-electron chi connectivity index (χ2n) is 4.85. The van der Waals surface area contributed by atoms with Gasteiger partial charge in [0.05, 0.1) is 35.8 Å². The van der Waals surface area contributed by atoms with Crippen LogP contribution in [-0.4, -0.2) is 45.1 Å². The topological polar surface area (TPSA) is 86.7 Å². The summed E-state index contributed by atoms with van der Waals surface area (Å²) in [6.07, 6.45) is 1.75. The zero-order chi connectivity index (χ0) is 17.3. The summed E-state index contributed by atoms with van der Waals surface area (Å²) in [7, 11) is -2.55. The van der Waals surface area contributed by atoms with Gasteiger partial charge in [0.25, 0.3) is 0 Å². The van der Waals surface area contributed by atoms with Crippen LogP contribution in [0.25, 0.3) is 0 Å². The predicted octanol–water partition coefficient (Wildman–Crippen LogP) is 2.24. The molecule has 0 unspecified atom stereocenters. The summed E-state index contributed by atoms with van der Waals surface area (Å²) in [5.41, 5.74) is 0.477. The molecule has 6 nitrogen and oxygen atoms in total. The first-order chi connectivity index (χ1) is 10.9. The molecule has 0 aromatic heterocycles. The van der Waals surface area contributed by atoms with Gasteiger partial charge in [0, 0.05) is 0 Å². The van der Waals surface area contributed by atoms with E-state index in [1.54, 1.807) is 38.1 Å². The Balaban J connectivity index is 0.000000313. The second-order valence-corrected chi connectivity index (χ2v) is 7.15. The van der Waals surface area contributed by atoms with Gasteiger partial charge in [-0.2, -0.15) is 0 Å². The summed E-state index contributed by atoms with van der Waals surface area (Å²) >= 11 is 0. The van der Waals surface area contributed by atoms with Crippen LogP contribution in [0.2, 0.25) is 0 Å². The van der Waals surface area contributed by atoms with E-state index in [1.807, 2.05) is 0 Å². The van der Waals surface area contributed by atoms with Crippen molar-refractivity contribution in [3.63, 3.8) is 0 Å². The van der Waals surface area contributed by atoms with Gasteiger partial charge in [0.1, 0.15) is 9.84 Å². The Morgan fingerprint density at radius 2 is 1.30 bits per heavy atom. The van der Waals surface area contributed by atoms with Crippen molar-refractivity contribution in [3.05, 3.63) is 35.4 Å². The lowest BCUT2D eigenvalue weighted by molar-refractivity contribution is 0.0479. The van der Waals surface area contributed by atoms with Crippen LogP contribution < -0.4 is 0 Å². The second kappa shape index (κ2) is 9.29. The standard InChI is InChI=1S/C12H14O4.C4H8O2S/c1-3-15-11(13)9-7-5-6-8-10(9)12(14)16-4-2;5-7(6)3-1-2-4-7/h5-8H,3-4H2,1-2H3;1-4H2. The Kier molecular flexibility index (Phi) is 7.74. The first kappa shape index (κ1) is 19.2. The lowest BCUT2D eigenvalue weighted by Crippen LogP contribution is -2.13. The molecule has 0 aliphatic carbocycles. The molecule has 0 radical (unpaired) electrons. The molecule has 0 amide bonds. The molecule has 1 saturated heterocycles. The number of rotatable bonds is 4. The number of ether oxygens (including phenoxy) is 2. The molecule has 1 fully saturated rings. The molecular weight excluding hydrogens is 320 g/mol. The molecule has 0 atom stereocenters. The van der Waals surface area contributed by atoms with E-state index in [-0.39, 0.29) is 24.3 Å². The summed E-state index contributed by atoms with van der Waals surface area (Å²) in [6.45, 7) is 3.97. The Labute approximate surface area is 136 Å². The molecular formula is C16H22O6S. The minimum atomic E-state index is -2.55. The number of benzene rings is 1. The van der Waals surface area contributed by atoms with Gasteiger partial charge in [-0.1, -0.05) is 12.1 Å². The largest absolute Gasteiger partial charge is 0.462 e. The van der Waals surface area contributed by atoms with Gasteiger partial charge in [-0.25, -0.2) is 18.0 Å². The summed E-state index contributed by atoms with van der Waals surface area (Å²) in [4.78, 5) is 23.1. The van der Waals surface area contributed by atoms with Crippen LogP contribution in [0.15, 0.2) is 24.3 Å². The van der Waals surface area contributed by atoms with E-state index < -0.39 is 21.8 Å². The van der Waals surface area contributed by atoms with Gasteiger partial charge in [-0.05, 0) is 38.8 Å². The van der Waals surface area contributed by atoms with E-state index in [1.165, 1.54) is 0 Å². The third-order valence-corrected chi connectivity index (χ3v) is 4.90. The van der Waals surface area contributed by atoms with Gasteiger partial charge < -0.3 is 9.47 Å². The number of esters is 2. The molecule has 1 aromatic rings. The Hall–Kier alpha value is -1.89. The van der Waals surface area contributed by atoms with Gasteiger partial charge in [0.15, 0.2) is 0 Å². The highest BCUT2D eigenvalue weighted by atomic mass is 32.2. The van der Waals surface area contributed by atoms with Crippen LogP contribution in [0.5, 0.6) is 0 Å². The summed E-state index contributed by atoms with van der Waals surface area (Å²) in [5.74, 6) is -0.169. The van der Waals surface area contributed by atoms with E-state index in [4.69, 9.17) is 9.47 Å². The van der Waals surface area contributed by atoms with Crippen LogP contribution in [-0.2, 0) is 19.3 Å². The van der Waals surface area contributed by atoms with Gasteiger partial charge >= 0.3 is 11.9 Å². The zero-order valence-corrected chi connectivity index (χ0v) is 14.2. The van der Waals surface area contributed by atoms with Crippen LogP contribution >= 0.6 is 0 Å². The van der Waals surface area contributed by atoms with Crippen LogP contribution in [0.3, 0.4) is 0 Å². The molecule has 0 bridgehead atoms. The van der Waals surface area contributed by atoms with Gasteiger partial charge in [-0.3, -0.25) is 0 Å². The third-order valence-electron chi connectivity index (χ3n) is 3.08. The quantitative estimate of drug-likeness (QED) is 0.780. The Morgan fingerprint density at radius 1 is 0.913 bits per heavy atom. The molecule has 0 saturated carbocycles. The highest BCUT2D eigenvalue weighted by Gasteiger charge is 2.18. The molecule has 1 aliphatic heterocycles. The highest BCUT2D eigenvalue weighted by Crippen LogP contribution is 2.12. The van der Waals surface area contributed by atoms with E-state index in [2.05, 4.69) is 0 Å². The molecule has 1 aliphatic rings. The lowest BCUT2D eigenvalue weighted by Gasteiger charge is -2.07. The normalized spacial score (nSPS) is 15.2. The average Bonchev–Trinajstić information content (AvgIpc) is 2.93. The molecule has 23 heavy (non-hydrogen) atoms. The number of carbonyl (C=O) groups is 2. The van der Waals surface area contributed by atoms with Crippen LogP contribution in [0, 0.1) is 0 Å². The maximum absolute atomic E-state index is 11.5. The number of carbonyl (C=O) groups excluding carboxylic acids is 2. The summed E-state index contributed by atoms with van der Waals surface area (Å²) < 4.78 is 30.6. The maximum atomic E-state index is 11.5. The fourth-order valence-electron chi connectivity index (χ4n) is 2.00. The van der Waals surface area contributed by atoms with Crippen molar-refractivity contribution in [2.45, 2.75) is 26.7 Å². The molecule has 128 valence electrons. The Morgan fingerprint density at radius 3 is 1.57 bits per heavy atom. The van der Waals surface area contributed by atoms with Crippen molar-refractivity contribution in [3.8, 4) is 0 Å². The Bertz CT molecular complexity index is 587. The fourth-order valence-corrected chi connectivity index (χ4v) is 3.49. The van der Waals surface area contributed by atoms with E-state index in [9.17, 15) is 18.0 Å². The van der Waals surface area contributed by atoms with Crippen molar-refractivity contribution in [1.29, 1.82) is 0 Å². The zero-order valence-electron chi connectivity index (χ0n) is 13.4. The first-order valence-electron chi connectivity index (χ1n) is 7.55. The van der Waals surface area contributed by atoms with E-state index in [0.717, 1.165) is 12.8 Å². The predicted molar refractivity (Wildman–Crippen MR) is 86.2 cm³/mol. The third kappa shape index (κ3) is 6.40. The van der Waals surface area contributed by atoms with E-state index >= 15 is 0 Å². The highest BCUT2D eigenvalue weighted by molar-refractivity contribution is 7.91. The first-order valence-corrected chi connectivity index (χ1v) is 9.37. The number of hydrogen-bond acceptors (Lipinski definition) is 6. The van der Waals surface area contributed by atoms with Crippen molar-refractivity contribution in [2.75, 3.05) is 24.7 Å². The van der Waals surface area contributed by atoms with Crippen LogP contribution in [0.4, 0.5) is 0 Å². The lowest BCUT2D eigenvalue weighted by atomic mass is 10.1. The fraction of sp³-hybridized carbons (Fsp3) is 0.500.